The summed E-state index contributed by atoms with van der Waals surface area (Å²) in [5, 5.41) is 0. The predicted molar refractivity (Wildman–Crippen MR) is 72.0 cm³/mol. The Morgan fingerprint density at radius 1 is 1.39 bits per heavy atom. The number of thiazole rings is 1. The number of nitrogens with zero attached hydrogens (tertiary/aromatic N) is 3. The number of carbonyl (C=O) groups is 1. The van der Waals surface area contributed by atoms with E-state index in [1.165, 1.54) is 37.3 Å². The molecule has 2 aliphatic heterocycles. The number of carbonyl (C=O) groups excluding carboxylic acids is 1. The van der Waals surface area contributed by atoms with E-state index in [-0.39, 0.29) is 5.91 Å². The number of aryl methyl sites for hydroxylation is 1. The molecule has 0 unspecified atom stereocenters. The highest BCUT2D eigenvalue weighted by molar-refractivity contribution is 7.11. The van der Waals surface area contributed by atoms with E-state index < -0.39 is 0 Å². The first-order valence-corrected chi connectivity index (χ1v) is 7.57. The smallest absolute Gasteiger partial charge is 0.265 e. The maximum atomic E-state index is 12.4. The lowest BCUT2D eigenvalue weighted by atomic mass is 10.2. The Morgan fingerprint density at radius 2 is 2.17 bits per heavy atom. The van der Waals surface area contributed by atoms with Gasteiger partial charge in [0.2, 0.25) is 0 Å². The molecule has 0 spiro atoms. The number of hydrogen-bond donors (Lipinski definition) is 0. The van der Waals surface area contributed by atoms with Crippen LogP contribution in [0.5, 0.6) is 0 Å². The average Bonchev–Trinajstić information content (AvgIpc) is 3.09. The lowest BCUT2D eigenvalue weighted by Gasteiger charge is -2.23. The number of aromatic nitrogens is 1. The molecule has 2 aliphatic rings. The van der Waals surface area contributed by atoms with E-state index in [0.29, 0.717) is 6.04 Å². The van der Waals surface area contributed by atoms with Crippen molar-refractivity contribution in [1.29, 1.82) is 0 Å². The molecule has 2 saturated heterocycles. The largest absolute Gasteiger partial charge is 0.336 e. The summed E-state index contributed by atoms with van der Waals surface area (Å²) in [4.78, 5) is 21.9. The molecular formula is C13H19N3OS. The van der Waals surface area contributed by atoms with Crippen molar-refractivity contribution in [1.82, 2.24) is 14.8 Å². The van der Waals surface area contributed by atoms with Gasteiger partial charge in [-0.05, 0) is 39.3 Å². The molecule has 0 aromatic carbocycles. The minimum atomic E-state index is 0.177. The third-order valence-corrected chi connectivity index (χ3v) is 4.96. The molecule has 0 saturated carbocycles. The zero-order valence-electron chi connectivity index (χ0n) is 10.8. The molecule has 98 valence electrons. The molecule has 3 rings (SSSR count). The van der Waals surface area contributed by atoms with Crippen LogP contribution in [0, 0.1) is 6.92 Å². The van der Waals surface area contributed by atoms with Crippen LogP contribution < -0.4 is 0 Å². The summed E-state index contributed by atoms with van der Waals surface area (Å²) in [7, 11) is 0. The van der Waals surface area contributed by atoms with Crippen molar-refractivity contribution in [2.75, 3.05) is 26.2 Å². The standard InChI is InChI=1S/C13H19N3OS/c1-10-12(18-9-14-10)13(17)16-7-4-11(8-16)15-5-2-3-6-15/h9,11H,2-8H2,1H3/t11-/m0/s1. The normalized spacial score (nSPS) is 24.9. The second-order valence-electron chi connectivity index (χ2n) is 5.20. The Labute approximate surface area is 112 Å². The van der Waals surface area contributed by atoms with Gasteiger partial charge in [-0.1, -0.05) is 0 Å². The molecule has 2 fully saturated rings. The van der Waals surface area contributed by atoms with E-state index in [9.17, 15) is 4.79 Å². The molecule has 1 aromatic heterocycles. The lowest BCUT2D eigenvalue weighted by Crippen LogP contribution is -2.37. The van der Waals surface area contributed by atoms with Crippen molar-refractivity contribution in [3.8, 4) is 0 Å². The molecule has 0 radical (unpaired) electrons. The van der Waals surface area contributed by atoms with Crippen molar-refractivity contribution < 1.29 is 4.79 Å². The Morgan fingerprint density at radius 3 is 2.83 bits per heavy atom. The fourth-order valence-corrected chi connectivity index (χ4v) is 3.75. The Bertz CT molecular complexity index is 439. The highest BCUT2D eigenvalue weighted by atomic mass is 32.1. The van der Waals surface area contributed by atoms with E-state index >= 15 is 0 Å². The van der Waals surface area contributed by atoms with Crippen molar-refractivity contribution in [2.45, 2.75) is 32.2 Å². The molecule has 0 N–H and O–H groups in total. The van der Waals surface area contributed by atoms with Gasteiger partial charge in [-0.25, -0.2) is 4.98 Å². The second kappa shape index (κ2) is 4.97. The van der Waals surface area contributed by atoms with Gasteiger partial charge in [0.1, 0.15) is 4.88 Å². The zero-order valence-corrected chi connectivity index (χ0v) is 11.6. The zero-order chi connectivity index (χ0) is 12.5. The Kier molecular flexibility index (Phi) is 3.35. The van der Waals surface area contributed by atoms with Gasteiger partial charge in [0.05, 0.1) is 11.2 Å². The van der Waals surface area contributed by atoms with Crippen LogP contribution in [0.2, 0.25) is 0 Å². The minimum Gasteiger partial charge on any atom is -0.336 e. The topological polar surface area (TPSA) is 36.4 Å². The summed E-state index contributed by atoms with van der Waals surface area (Å²) >= 11 is 1.46. The van der Waals surface area contributed by atoms with Gasteiger partial charge in [0.25, 0.3) is 5.91 Å². The predicted octanol–water partition coefficient (Wildman–Crippen LogP) is 1.76. The van der Waals surface area contributed by atoms with Crippen LogP contribution in [0.4, 0.5) is 0 Å². The molecule has 1 amide bonds. The summed E-state index contributed by atoms with van der Waals surface area (Å²) in [5.74, 6) is 0.177. The van der Waals surface area contributed by atoms with E-state index in [0.717, 1.165) is 30.1 Å². The molecule has 5 heteroatoms. The van der Waals surface area contributed by atoms with Crippen LogP contribution in [0.25, 0.3) is 0 Å². The lowest BCUT2D eigenvalue weighted by molar-refractivity contribution is 0.0784. The van der Waals surface area contributed by atoms with Crippen LogP contribution in [-0.2, 0) is 0 Å². The first kappa shape index (κ1) is 12.1. The van der Waals surface area contributed by atoms with Crippen LogP contribution in [0.1, 0.15) is 34.6 Å². The van der Waals surface area contributed by atoms with E-state index in [2.05, 4.69) is 9.88 Å². The SMILES string of the molecule is Cc1ncsc1C(=O)N1CC[C@H](N2CCCC2)C1. The first-order valence-electron chi connectivity index (χ1n) is 6.69. The number of rotatable bonds is 2. The molecule has 4 nitrogen and oxygen atoms in total. The van der Waals surface area contributed by atoms with Crippen LogP contribution in [0.15, 0.2) is 5.51 Å². The van der Waals surface area contributed by atoms with Gasteiger partial charge in [-0.15, -0.1) is 11.3 Å². The number of likely N-dealkylation sites (tertiary alicyclic amines) is 2. The molecule has 0 bridgehead atoms. The van der Waals surface area contributed by atoms with Gasteiger partial charge in [0.15, 0.2) is 0 Å². The monoisotopic (exact) mass is 265 g/mol. The quantitative estimate of drug-likeness (QED) is 0.817. The highest BCUT2D eigenvalue weighted by Gasteiger charge is 2.32. The number of amides is 1. The van der Waals surface area contributed by atoms with Gasteiger partial charge in [0, 0.05) is 19.1 Å². The van der Waals surface area contributed by atoms with E-state index in [1.54, 1.807) is 5.51 Å². The van der Waals surface area contributed by atoms with E-state index in [4.69, 9.17) is 0 Å². The van der Waals surface area contributed by atoms with Gasteiger partial charge >= 0.3 is 0 Å². The Hall–Kier alpha value is -0.940. The molecule has 3 heterocycles. The average molecular weight is 265 g/mol. The minimum absolute atomic E-state index is 0.177. The maximum absolute atomic E-state index is 12.4. The highest BCUT2D eigenvalue weighted by Crippen LogP contribution is 2.23. The third-order valence-electron chi connectivity index (χ3n) is 4.05. The fraction of sp³-hybridized carbons (Fsp3) is 0.692. The van der Waals surface area contributed by atoms with Crippen molar-refractivity contribution >= 4 is 17.2 Å². The van der Waals surface area contributed by atoms with Gasteiger partial charge < -0.3 is 4.90 Å². The van der Waals surface area contributed by atoms with Crippen LogP contribution in [0.3, 0.4) is 0 Å². The molecule has 0 aliphatic carbocycles. The molecule has 18 heavy (non-hydrogen) atoms. The summed E-state index contributed by atoms with van der Waals surface area (Å²) in [6.07, 6.45) is 3.76. The van der Waals surface area contributed by atoms with Crippen LogP contribution >= 0.6 is 11.3 Å². The molecular weight excluding hydrogens is 246 g/mol. The van der Waals surface area contributed by atoms with Crippen molar-refractivity contribution in [3.63, 3.8) is 0 Å². The maximum Gasteiger partial charge on any atom is 0.265 e. The molecule has 1 aromatic rings. The summed E-state index contributed by atoms with van der Waals surface area (Å²) in [6, 6.07) is 0.588. The van der Waals surface area contributed by atoms with Crippen molar-refractivity contribution in [2.24, 2.45) is 0 Å². The second-order valence-corrected chi connectivity index (χ2v) is 6.06. The van der Waals surface area contributed by atoms with E-state index in [1.807, 2.05) is 11.8 Å². The Balaban J connectivity index is 1.65. The third kappa shape index (κ3) is 2.17. The summed E-state index contributed by atoms with van der Waals surface area (Å²) in [6.45, 7) is 6.14. The summed E-state index contributed by atoms with van der Waals surface area (Å²) < 4.78 is 0. The number of hydrogen-bond acceptors (Lipinski definition) is 4. The fourth-order valence-electron chi connectivity index (χ4n) is 2.98. The van der Waals surface area contributed by atoms with Gasteiger partial charge in [-0.2, -0.15) is 0 Å². The molecule has 1 atom stereocenters. The van der Waals surface area contributed by atoms with Crippen LogP contribution in [-0.4, -0.2) is 52.9 Å². The van der Waals surface area contributed by atoms with Gasteiger partial charge in [-0.3, -0.25) is 9.69 Å². The van der Waals surface area contributed by atoms with Crippen molar-refractivity contribution in [3.05, 3.63) is 16.1 Å². The first-order chi connectivity index (χ1) is 8.75. The summed E-state index contributed by atoms with van der Waals surface area (Å²) in [5.41, 5.74) is 2.63.